The van der Waals surface area contributed by atoms with Gasteiger partial charge in [-0.2, -0.15) is 0 Å². The lowest BCUT2D eigenvalue weighted by molar-refractivity contribution is -0.139. The fourth-order valence-corrected chi connectivity index (χ4v) is 2.55. The van der Waals surface area contributed by atoms with Crippen molar-refractivity contribution in [3.8, 4) is 0 Å². The Kier molecular flexibility index (Phi) is 7.47. The predicted molar refractivity (Wildman–Crippen MR) is 104 cm³/mol. The van der Waals surface area contributed by atoms with Gasteiger partial charge in [-0.1, -0.05) is 6.58 Å². The zero-order chi connectivity index (χ0) is 23.4. The fraction of sp³-hybridized carbons (Fsp3) is 0.350. The maximum absolute atomic E-state index is 13.1. The van der Waals surface area contributed by atoms with Crippen LogP contribution in [0.4, 0.5) is 0 Å². The maximum atomic E-state index is 13.1. The first-order valence-electron chi connectivity index (χ1n) is 8.71. The number of esters is 1. The Hall–Kier alpha value is -3.69. The zero-order valence-corrected chi connectivity index (χ0v) is 17.0. The van der Waals surface area contributed by atoms with E-state index in [1.54, 1.807) is 20.8 Å². The predicted octanol–water partition coefficient (Wildman–Crippen LogP) is 2.14. The number of aromatic carboxylic acids is 3. The second-order valence-electron chi connectivity index (χ2n) is 7.40. The van der Waals surface area contributed by atoms with Crippen LogP contribution in [-0.2, 0) is 9.53 Å². The Balaban J connectivity index is 3.47. The molecule has 0 fully saturated rings. The number of nitrogens with zero attached hydrogens (tertiary/aromatic N) is 1. The minimum absolute atomic E-state index is 0.122. The summed E-state index contributed by atoms with van der Waals surface area (Å²) in [7, 11) is 0. The van der Waals surface area contributed by atoms with Crippen LogP contribution < -0.4 is 0 Å². The number of carboxylic acid groups (broad SMARTS) is 3. The third-order valence-electron chi connectivity index (χ3n) is 4.03. The molecule has 0 saturated carbocycles. The summed E-state index contributed by atoms with van der Waals surface area (Å²) in [5.41, 5.74) is -3.33. The van der Waals surface area contributed by atoms with Crippen molar-refractivity contribution in [1.82, 2.24) is 4.90 Å². The van der Waals surface area contributed by atoms with Crippen LogP contribution in [0.1, 0.15) is 69.1 Å². The number of hydrogen-bond donors (Lipinski definition) is 3. The van der Waals surface area contributed by atoms with Gasteiger partial charge in [0, 0.05) is 11.1 Å². The van der Waals surface area contributed by atoms with E-state index >= 15 is 0 Å². The number of amides is 1. The van der Waals surface area contributed by atoms with Crippen LogP contribution >= 0.6 is 0 Å². The summed E-state index contributed by atoms with van der Waals surface area (Å²) in [6.45, 7) is 9.50. The Morgan fingerprint density at radius 3 is 1.67 bits per heavy atom. The van der Waals surface area contributed by atoms with Crippen LogP contribution in [0.3, 0.4) is 0 Å². The minimum atomic E-state index is -1.65. The monoisotopic (exact) mass is 421 g/mol. The number of carbonyl (C=O) groups excluding carboxylic acids is 2. The van der Waals surface area contributed by atoms with E-state index in [0.717, 1.165) is 6.07 Å². The lowest BCUT2D eigenvalue weighted by atomic mass is 9.95. The van der Waals surface area contributed by atoms with Gasteiger partial charge in [0.1, 0.15) is 6.61 Å². The number of carboxylic acids is 3. The van der Waals surface area contributed by atoms with Crippen LogP contribution in [0.5, 0.6) is 0 Å². The average Bonchev–Trinajstić information content (AvgIpc) is 2.61. The van der Waals surface area contributed by atoms with Crippen LogP contribution in [0.15, 0.2) is 24.3 Å². The Morgan fingerprint density at radius 2 is 1.30 bits per heavy atom. The van der Waals surface area contributed by atoms with Gasteiger partial charge < -0.3 is 25.0 Å². The summed E-state index contributed by atoms with van der Waals surface area (Å²) in [5.74, 6) is -6.39. The lowest BCUT2D eigenvalue weighted by Crippen LogP contribution is -2.48. The second-order valence-corrected chi connectivity index (χ2v) is 7.40. The smallest absolute Gasteiger partial charge is 0.336 e. The quantitative estimate of drug-likeness (QED) is 0.422. The number of hydrogen-bond acceptors (Lipinski definition) is 6. The summed E-state index contributed by atoms with van der Waals surface area (Å²) in [6.07, 6.45) is 0. The molecule has 0 aliphatic carbocycles. The van der Waals surface area contributed by atoms with Crippen LogP contribution in [0.2, 0.25) is 0 Å². The standard InChI is InChI=1S/C20H23NO9/c1-10(2)19(29)30-7-6-21(20(3,4)5)15(22)11-8-13(17(25)26)14(18(27)28)9-12(11)16(23)24/h8-9H,1,6-7H2,2-5H3,(H,23,24)(H,25,26)(H,27,28). The molecular formula is C20H23NO9. The van der Waals surface area contributed by atoms with Crippen molar-refractivity contribution in [2.45, 2.75) is 33.2 Å². The fourth-order valence-electron chi connectivity index (χ4n) is 2.55. The van der Waals surface area contributed by atoms with Crippen molar-refractivity contribution in [3.05, 3.63) is 46.5 Å². The molecule has 0 spiro atoms. The van der Waals surface area contributed by atoms with Gasteiger partial charge in [-0.25, -0.2) is 19.2 Å². The van der Waals surface area contributed by atoms with Gasteiger partial charge in [-0.05, 0) is 39.8 Å². The minimum Gasteiger partial charge on any atom is -0.478 e. The molecule has 0 unspecified atom stereocenters. The van der Waals surface area contributed by atoms with Crippen LogP contribution in [0.25, 0.3) is 0 Å². The summed E-state index contributed by atoms with van der Waals surface area (Å²) >= 11 is 0. The highest BCUT2D eigenvalue weighted by Gasteiger charge is 2.32. The van der Waals surface area contributed by atoms with E-state index in [0.29, 0.717) is 6.07 Å². The summed E-state index contributed by atoms with van der Waals surface area (Å²) in [4.78, 5) is 60.3. The molecule has 0 atom stereocenters. The molecule has 162 valence electrons. The van der Waals surface area contributed by atoms with E-state index in [2.05, 4.69) is 6.58 Å². The molecule has 0 bridgehead atoms. The molecule has 3 N–H and O–H groups in total. The van der Waals surface area contributed by atoms with E-state index in [1.165, 1.54) is 11.8 Å². The molecule has 0 radical (unpaired) electrons. The third-order valence-corrected chi connectivity index (χ3v) is 4.03. The van der Waals surface area contributed by atoms with Crippen molar-refractivity contribution in [2.75, 3.05) is 13.2 Å². The SMILES string of the molecule is C=C(C)C(=O)OCCN(C(=O)c1cc(C(=O)O)c(C(=O)O)cc1C(=O)O)C(C)(C)C. The molecule has 0 saturated heterocycles. The average molecular weight is 421 g/mol. The largest absolute Gasteiger partial charge is 0.478 e. The van der Waals surface area contributed by atoms with Gasteiger partial charge in [0.2, 0.25) is 0 Å². The number of benzene rings is 1. The zero-order valence-electron chi connectivity index (χ0n) is 17.0. The summed E-state index contributed by atoms with van der Waals surface area (Å²) in [6, 6.07) is 1.37. The van der Waals surface area contributed by atoms with Crippen molar-refractivity contribution in [2.24, 2.45) is 0 Å². The van der Waals surface area contributed by atoms with Crippen molar-refractivity contribution >= 4 is 29.8 Å². The molecule has 1 aromatic carbocycles. The van der Waals surface area contributed by atoms with Crippen molar-refractivity contribution < 1.29 is 44.0 Å². The van der Waals surface area contributed by atoms with E-state index < -0.39 is 57.6 Å². The molecule has 10 nitrogen and oxygen atoms in total. The van der Waals surface area contributed by atoms with Gasteiger partial charge in [0.25, 0.3) is 5.91 Å². The third kappa shape index (κ3) is 5.66. The molecule has 1 amide bonds. The van der Waals surface area contributed by atoms with Crippen molar-refractivity contribution in [3.63, 3.8) is 0 Å². The maximum Gasteiger partial charge on any atom is 0.336 e. The summed E-state index contributed by atoms with van der Waals surface area (Å²) < 4.78 is 4.98. The van der Waals surface area contributed by atoms with E-state index in [1.807, 2.05) is 0 Å². The van der Waals surface area contributed by atoms with Crippen LogP contribution in [0, 0.1) is 0 Å². The van der Waals surface area contributed by atoms with Gasteiger partial charge in [0.15, 0.2) is 0 Å². The normalized spacial score (nSPS) is 10.8. The molecule has 1 rings (SSSR count). The van der Waals surface area contributed by atoms with Crippen LogP contribution in [-0.4, -0.2) is 68.7 Å². The number of carbonyl (C=O) groups is 5. The van der Waals surface area contributed by atoms with Gasteiger partial charge in [0.05, 0.1) is 28.8 Å². The highest BCUT2D eigenvalue weighted by molar-refractivity contribution is 6.10. The van der Waals surface area contributed by atoms with E-state index in [4.69, 9.17) is 4.74 Å². The Bertz CT molecular complexity index is 925. The van der Waals surface area contributed by atoms with Gasteiger partial charge >= 0.3 is 23.9 Å². The number of rotatable bonds is 8. The molecular weight excluding hydrogens is 398 g/mol. The topological polar surface area (TPSA) is 159 Å². The molecule has 0 aromatic heterocycles. The first-order valence-corrected chi connectivity index (χ1v) is 8.71. The molecule has 30 heavy (non-hydrogen) atoms. The van der Waals surface area contributed by atoms with Crippen molar-refractivity contribution in [1.29, 1.82) is 0 Å². The highest BCUT2D eigenvalue weighted by atomic mass is 16.5. The Morgan fingerprint density at radius 1 is 0.900 bits per heavy atom. The van der Waals surface area contributed by atoms with E-state index in [-0.39, 0.29) is 18.7 Å². The molecule has 0 aliphatic heterocycles. The summed E-state index contributed by atoms with van der Waals surface area (Å²) in [5, 5.41) is 28.0. The first-order chi connectivity index (χ1) is 13.7. The Labute approximate surface area is 172 Å². The van der Waals surface area contributed by atoms with E-state index in [9.17, 15) is 39.3 Å². The van der Waals surface area contributed by atoms with Gasteiger partial charge in [-0.15, -0.1) is 0 Å². The molecule has 10 heteroatoms. The molecule has 0 heterocycles. The molecule has 1 aromatic rings. The molecule has 0 aliphatic rings. The van der Waals surface area contributed by atoms with Gasteiger partial charge in [-0.3, -0.25) is 4.79 Å². The number of ether oxygens (including phenoxy) is 1. The lowest BCUT2D eigenvalue weighted by Gasteiger charge is -2.36. The second kappa shape index (κ2) is 9.21. The highest BCUT2D eigenvalue weighted by Crippen LogP contribution is 2.23. The first kappa shape index (κ1) is 24.3.